The summed E-state index contributed by atoms with van der Waals surface area (Å²) in [5, 5.41) is 6.25. The van der Waals surface area contributed by atoms with Gasteiger partial charge in [0.15, 0.2) is 0 Å². The SMILES string of the molecule is O=C([C@@H]1CCCN(c2cn[nH]c(=O)c2)C1)N1CCCCCC1. The first-order chi connectivity index (χ1) is 10.7. The molecule has 0 radical (unpaired) electrons. The van der Waals surface area contributed by atoms with Crippen molar-refractivity contribution in [1.82, 2.24) is 15.1 Å². The highest BCUT2D eigenvalue weighted by molar-refractivity contribution is 5.79. The van der Waals surface area contributed by atoms with Crippen LogP contribution in [0.3, 0.4) is 0 Å². The van der Waals surface area contributed by atoms with Crippen molar-refractivity contribution >= 4 is 11.6 Å². The standard InChI is InChI=1S/C16H24N4O2/c21-15-10-14(11-17-18-15)20-9-5-6-13(12-20)16(22)19-7-3-1-2-4-8-19/h10-11,13H,1-9,12H2,(H,18,21)/t13-/m1/s1. The third-order valence-corrected chi connectivity index (χ3v) is 4.70. The van der Waals surface area contributed by atoms with Crippen LogP contribution in [0.2, 0.25) is 0 Å². The van der Waals surface area contributed by atoms with E-state index in [0.29, 0.717) is 12.5 Å². The normalized spacial score (nSPS) is 23.2. The largest absolute Gasteiger partial charge is 0.369 e. The first-order valence-corrected chi connectivity index (χ1v) is 8.32. The van der Waals surface area contributed by atoms with Gasteiger partial charge in [-0.25, -0.2) is 5.10 Å². The maximum Gasteiger partial charge on any atom is 0.266 e. The second-order valence-electron chi connectivity index (χ2n) is 6.33. The highest BCUT2D eigenvalue weighted by Crippen LogP contribution is 2.24. The molecule has 120 valence electrons. The average molecular weight is 304 g/mol. The van der Waals surface area contributed by atoms with E-state index in [0.717, 1.165) is 51.0 Å². The van der Waals surface area contributed by atoms with Gasteiger partial charge < -0.3 is 9.80 Å². The number of hydrogen-bond donors (Lipinski definition) is 1. The predicted octanol–water partition coefficient (Wildman–Crippen LogP) is 1.39. The maximum atomic E-state index is 12.8. The minimum Gasteiger partial charge on any atom is -0.369 e. The molecule has 0 bridgehead atoms. The van der Waals surface area contributed by atoms with E-state index in [1.807, 2.05) is 0 Å². The van der Waals surface area contributed by atoms with Crippen molar-refractivity contribution in [1.29, 1.82) is 0 Å². The lowest BCUT2D eigenvalue weighted by Gasteiger charge is -2.35. The number of likely N-dealkylation sites (tertiary alicyclic amines) is 1. The first-order valence-electron chi connectivity index (χ1n) is 8.32. The summed E-state index contributed by atoms with van der Waals surface area (Å²) in [6, 6.07) is 1.56. The lowest BCUT2D eigenvalue weighted by molar-refractivity contribution is -0.135. The van der Waals surface area contributed by atoms with E-state index in [-0.39, 0.29) is 11.5 Å². The molecule has 1 N–H and O–H groups in total. The molecule has 22 heavy (non-hydrogen) atoms. The van der Waals surface area contributed by atoms with Crippen molar-refractivity contribution in [3.63, 3.8) is 0 Å². The fourth-order valence-electron chi connectivity index (χ4n) is 3.50. The summed E-state index contributed by atoms with van der Waals surface area (Å²) in [4.78, 5) is 28.3. The summed E-state index contributed by atoms with van der Waals surface area (Å²) in [6.07, 6.45) is 8.32. The van der Waals surface area contributed by atoms with Gasteiger partial charge in [0.05, 0.1) is 17.8 Å². The molecule has 6 nitrogen and oxygen atoms in total. The van der Waals surface area contributed by atoms with E-state index >= 15 is 0 Å². The highest BCUT2D eigenvalue weighted by atomic mass is 16.2. The molecule has 2 aliphatic rings. The van der Waals surface area contributed by atoms with Crippen molar-refractivity contribution in [2.45, 2.75) is 38.5 Å². The van der Waals surface area contributed by atoms with Crippen LogP contribution in [0.5, 0.6) is 0 Å². The Morgan fingerprint density at radius 3 is 2.64 bits per heavy atom. The molecule has 0 spiro atoms. The Labute approximate surface area is 130 Å². The molecule has 1 aromatic rings. The van der Waals surface area contributed by atoms with Gasteiger partial charge in [0.1, 0.15) is 0 Å². The first kappa shape index (κ1) is 15.1. The van der Waals surface area contributed by atoms with E-state index in [2.05, 4.69) is 20.0 Å². The van der Waals surface area contributed by atoms with E-state index in [1.165, 1.54) is 12.8 Å². The number of piperidine rings is 1. The third-order valence-electron chi connectivity index (χ3n) is 4.70. The van der Waals surface area contributed by atoms with Crippen molar-refractivity contribution in [3.05, 3.63) is 22.6 Å². The number of aromatic amines is 1. The van der Waals surface area contributed by atoms with Crippen LogP contribution in [0.25, 0.3) is 0 Å². The van der Waals surface area contributed by atoms with E-state index in [4.69, 9.17) is 0 Å². The summed E-state index contributed by atoms with van der Waals surface area (Å²) >= 11 is 0. The average Bonchev–Trinajstić information content (AvgIpc) is 2.83. The lowest BCUT2D eigenvalue weighted by Crippen LogP contribution is -2.45. The number of carbonyl (C=O) groups excluding carboxylic acids is 1. The number of amides is 1. The van der Waals surface area contributed by atoms with E-state index < -0.39 is 0 Å². The van der Waals surface area contributed by atoms with Gasteiger partial charge in [-0.1, -0.05) is 12.8 Å². The summed E-state index contributed by atoms with van der Waals surface area (Å²) in [6.45, 7) is 3.39. The lowest BCUT2D eigenvalue weighted by atomic mass is 9.96. The molecule has 6 heteroatoms. The van der Waals surface area contributed by atoms with Crippen LogP contribution in [0.15, 0.2) is 17.1 Å². The quantitative estimate of drug-likeness (QED) is 0.896. The second kappa shape index (κ2) is 6.94. The van der Waals surface area contributed by atoms with Crippen LogP contribution in [0.4, 0.5) is 5.69 Å². The minimum absolute atomic E-state index is 0.0473. The molecule has 0 aromatic carbocycles. The fraction of sp³-hybridized carbons (Fsp3) is 0.688. The minimum atomic E-state index is -0.196. The third kappa shape index (κ3) is 3.48. The van der Waals surface area contributed by atoms with Crippen molar-refractivity contribution < 1.29 is 4.79 Å². The molecule has 0 aliphatic carbocycles. The van der Waals surface area contributed by atoms with Gasteiger partial charge in [-0.2, -0.15) is 5.10 Å². The molecule has 3 heterocycles. The zero-order chi connectivity index (χ0) is 15.4. The van der Waals surface area contributed by atoms with Gasteiger partial charge in [-0.05, 0) is 25.7 Å². The summed E-state index contributed by atoms with van der Waals surface area (Å²) in [5.74, 6) is 0.343. The van der Waals surface area contributed by atoms with Crippen LogP contribution >= 0.6 is 0 Å². The zero-order valence-corrected chi connectivity index (χ0v) is 13.0. The molecule has 2 fully saturated rings. The number of aromatic nitrogens is 2. The molecule has 1 amide bonds. The van der Waals surface area contributed by atoms with Crippen molar-refractivity contribution in [3.8, 4) is 0 Å². The van der Waals surface area contributed by atoms with Crippen molar-refractivity contribution in [2.24, 2.45) is 5.92 Å². The Balaban J connectivity index is 1.67. The van der Waals surface area contributed by atoms with Crippen LogP contribution in [0.1, 0.15) is 38.5 Å². The Bertz CT molecular complexity index is 563. The molecular weight excluding hydrogens is 280 g/mol. The van der Waals surface area contributed by atoms with Crippen LogP contribution in [0, 0.1) is 5.92 Å². The van der Waals surface area contributed by atoms with E-state index in [1.54, 1.807) is 12.3 Å². The number of anilines is 1. The summed E-state index contributed by atoms with van der Waals surface area (Å²) < 4.78 is 0. The second-order valence-corrected chi connectivity index (χ2v) is 6.33. The Morgan fingerprint density at radius 2 is 1.91 bits per heavy atom. The Morgan fingerprint density at radius 1 is 1.14 bits per heavy atom. The molecule has 2 saturated heterocycles. The highest BCUT2D eigenvalue weighted by Gasteiger charge is 2.29. The Kier molecular flexibility index (Phi) is 4.75. The number of hydrogen-bond acceptors (Lipinski definition) is 4. The monoisotopic (exact) mass is 304 g/mol. The molecule has 0 unspecified atom stereocenters. The van der Waals surface area contributed by atoms with Gasteiger partial charge in [0, 0.05) is 32.2 Å². The van der Waals surface area contributed by atoms with Crippen LogP contribution in [-0.4, -0.2) is 47.2 Å². The zero-order valence-electron chi connectivity index (χ0n) is 13.0. The summed E-state index contributed by atoms with van der Waals surface area (Å²) in [5.41, 5.74) is 0.621. The number of nitrogens with one attached hydrogen (secondary N) is 1. The van der Waals surface area contributed by atoms with Crippen LogP contribution in [-0.2, 0) is 4.79 Å². The number of H-pyrrole nitrogens is 1. The maximum absolute atomic E-state index is 12.8. The van der Waals surface area contributed by atoms with Gasteiger partial charge in [-0.15, -0.1) is 0 Å². The molecule has 1 atom stereocenters. The van der Waals surface area contributed by atoms with E-state index in [9.17, 15) is 9.59 Å². The van der Waals surface area contributed by atoms with Crippen LogP contribution < -0.4 is 10.5 Å². The topological polar surface area (TPSA) is 69.3 Å². The molecule has 3 rings (SSSR count). The van der Waals surface area contributed by atoms with Gasteiger partial charge >= 0.3 is 0 Å². The van der Waals surface area contributed by atoms with Gasteiger partial charge in [-0.3, -0.25) is 9.59 Å². The number of nitrogens with zero attached hydrogens (tertiary/aromatic N) is 3. The Hall–Kier alpha value is -1.85. The summed E-state index contributed by atoms with van der Waals surface area (Å²) in [7, 11) is 0. The predicted molar refractivity (Wildman–Crippen MR) is 84.8 cm³/mol. The van der Waals surface area contributed by atoms with Crippen molar-refractivity contribution in [2.75, 3.05) is 31.1 Å². The molecule has 1 aromatic heterocycles. The molecule has 0 saturated carbocycles. The number of rotatable bonds is 2. The fourth-order valence-corrected chi connectivity index (χ4v) is 3.50. The smallest absolute Gasteiger partial charge is 0.266 e. The molecule has 2 aliphatic heterocycles. The molecular formula is C16H24N4O2. The number of carbonyl (C=O) groups is 1. The van der Waals surface area contributed by atoms with Gasteiger partial charge in [0.25, 0.3) is 5.56 Å². The van der Waals surface area contributed by atoms with Gasteiger partial charge in [0.2, 0.25) is 5.91 Å².